The second-order valence-corrected chi connectivity index (χ2v) is 2.48. The van der Waals surface area contributed by atoms with Crippen molar-refractivity contribution in [2.45, 2.75) is 6.42 Å². The molecule has 12 heavy (non-hydrogen) atoms. The van der Waals surface area contributed by atoms with Crippen LogP contribution in [0.4, 0.5) is 0 Å². The molecule has 2 N–H and O–H groups in total. The van der Waals surface area contributed by atoms with Gasteiger partial charge in [0.15, 0.2) is 12.4 Å². The van der Waals surface area contributed by atoms with Crippen LogP contribution in [0.25, 0.3) is 6.08 Å². The lowest BCUT2D eigenvalue weighted by molar-refractivity contribution is -0.605. The number of hydrogen-bond acceptors (Lipinski definition) is 2. The molecule has 3 heteroatoms. The lowest BCUT2D eigenvalue weighted by Crippen LogP contribution is -2.24. The molecule has 0 saturated carbocycles. The summed E-state index contributed by atoms with van der Waals surface area (Å²) in [5.41, 5.74) is 6.21. The van der Waals surface area contributed by atoms with Crippen LogP contribution in [0.1, 0.15) is 12.0 Å². The lowest BCUT2D eigenvalue weighted by Gasteiger charge is -1.94. The van der Waals surface area contributed by atoms with Crippen LogP contribution in [0.3, 0.4) is 0 Å². The van der Waals surface area contributed by atoms with Crippen molar-refractivity contribution in [1.82, 2.24) is 0 Å². The van der Waals surface area contributed by atoms with Gasteiger partial charge in [0.2, 0.25) is 0 Å². The maximum Gasteiger partial charge on any atom is 0.187 e. The van der Waals surface area contributed by atoms with Crippen molar-refractivity contribution in [3.8, 4) is 0 Å². The molecule has 0 bridgehead atoms. The van der Waals surface area contributed by atoms with E-state index >= 15 is 0 Å². The van der Waals surface area contributed by atoms with E-state index in [0.717, 1.165) is 16.7 Å². The molecular weight excluding hydrogens is 152 g/mol. The molecule has 1 aromatic heterocycles. The summed E-state index contributed by atoms with van der Waals surface area (Å²) in [6.45, 7) is 0.640. The Morgan fingerprint density at radius 2 is 2.42 bits per heavy atom. The van der Waals surface area contributed by atoms with Crippen molar-refractivity contribution >= 4 is 6.08 Å². The SMILES string of the molecule is NCCC=Cc1ccc[n+]([O-])c1. The summed E-state index contributed by atoms with van der Waals surface area (Å²) in [5, 5.41) is 10.8. The molecule has 3 nitrogen and oxygen atoms in total. The Bertz CT molecular complexity index is 271. The molecule has 0 aliphatic rings. The van der Waals surface area contributed by atoms with Crippen molar-refractivity contribution in [2.24, 2.45) is 5.73 Å². The van der Waals surface area contributed by atoms with E-state index in [1.807, 2.05) is 18.2 Å². The number of nitrogens with zero attached hydrogens (tertiary/aromatic N) is 1. The minimum Gasteiger partial charge on any atom is -0.619 e. The molecule has 0 saturated heterocycles. The van der Waals surface area contributed by atoms with Gasteiger partial charge in [-0.2, -0.15) is 4.73 Å². The molecule has 0 atom stereocenters. The van der Waals surface area contributed by atoms with Gasteiger partial charge in [-0.3, -0.25) is 0 Å². The van der Waals surface area contributed by atoms with Crippen LogP contribution < -0.4 is 10.5 Å². The summed E-state index contributed by atoms with van der Waals surface area (Å²) in [4.78, 5) is 0. The Hall–Kier alpha value is -1.35. The first-order valence-corrected chi connectivity index (χ1v) is 3.88. The molecule has 0 aromatic carbocycles. The predicted molar refractivity (Wildman–Crippen MR) is 48.1 cm³/mol. The Labute approximate surface area is 71.7 Å². The van der Waals surface area contributed by atoms with Crippen molar-refractivity contribution in [3.05, 3.63) is 41.4 Å². The predicted octanol–water partition coefficient (Wildman–Crippen LogP) is 0.682. The average Bonchev–Trinajstić information content (AvgIpc) is 2.05. The van der Waals surface area contributed by atoms with E-state index in [2.05, 4.69) is 0 Å². The smallest absolute Gasteiger partial charge is 0.187 e. The first-order valence-electron chi connectivity index (χ1n) is 3.88. The van der Waals surface area contributed by atoms with Gasteiger partial charge in [0.25, 0.3) is 0 Å². The standard InChI is InChI=1S/C9H12N2O/c10-6-2-1-4-9-5-3-7-11(12)8-9/h1,3-5,7-8H,2,6,10H2. The molecule has 1 rings (SSSR count). The van der Waals surface area contributed by atoms with E-state index in [1.54, 1.807) is 6.07 Å². The van der Waals surface area contributed by atoms with E-state index in [4.69, 9.17) is 5.73 Å². The lowest BCUT2D eigenvalue weighted by atomic mass is 10.2. The van der Waals surface area contributed by atoms with E-state index < -0.39 is 0 Å². The van der Waals surface area contributed by atoms with Crippen LogP contribution in [-0.2, 0) is 0 Å². The number of aromatic nitrogens is 1. The zero-order chi connectivity index (χ0) is 8.81. The van der Waals surface area contributed by atoms with E-state index in [-0.39, 0.29) is 0 Å². The number of nitrogens with two attached hydrogens (primary N) is 1. The highest BCUT2D eigenvalue weighted by Crippen LogP contribution is 1.97. The Kier molecular flexibility index (Phi) is 3.29. The van der Waals surface area contributed by atoms with E-state index in [0.29, 0.717) is 6.54 Å². The highest BCUT2D eigenvalue weighted by Gasteiger charge is 1.89. The van der Waals surface area contributed by atoms with Gasteiger partial charge < -0.3 is 10.9 Å². The van der Waals surface area contributed by atoms with Gasteiger partial charge in [-0.1, -0.05) is 12.2 Å². The van der Waals surface area contributed by atoms with Crippen molar-refractivity contribution in [1.29, 1.82) is 0 Å². The Morgan fingerprint density at radius 1 is 1.58 bits per heavy atom. The van der Waals surface area contributed by atoms with Crippen LogP contribution >= 0.6 is 0 Å². The van der Waals surface area contributed by atoms with E-state index in [1.165, 1.54) is 12.4 Å². The van der Waals surface area contributed by atoms with Gasteiger partial charge in [0, 0.05) is 11.6 Å². The summed E-state index contributed by atoms with van der Waals surface area (Å²) < 4.78 is 0.780. The molecule has 1 heterocycles. The van der Waals surface area contributed by atoms with Crippen molar-refractivity contribution < 1.29 is 4.73 Å². The molecule has 64 valence electrons. The van der Waals surface area contributed by atoms with Crippen LogP contribution in [0.5, 0.6) is 0 Å². The summed E-state index contributed by atoms with van der Waals surface area (Å²) >= 11 is 0. The fraction of sp³-hybridized carbons (Fsp3) is 0.222. The summed E-state index contributed by atoms with van der Waals surface area (Å²) in [6, 6.07) is 3.59. The van der Waals surface area contributed by atoms with Gasteiger partial charge >= 0.3 is 0 Å². The maximum atomic E-state index is 10.8. The second-order valence-electron chi connectivity index (χ2n) is 2.48. The molecule has 0 spiro atoms. The molecule has 0 amide bonds. The van der Waals surface area contributed by atoms with Crippen LogP contribution in [-0.4, -0.2) is 6.54 Å². The van der Waals surface area contributed by atoms with Crippen LogP contribution in [0.2, 0.25) is 0 Å². The molecule has 0 radical (unpaired) electrons. The molecular formula is C9H12N2O. The number of pyridine rings is 1. The second kappa shape index (κ2) is 4.51. The molecule has 0 aliphatic carbocycles. The highest BCUT2D eigenvalue weighted by molar-refractivity contribution is 5.46. The van der Waals surface area contributed by atoms with Crippen molar-refractivity contribution in [2.75, 3.05) is 6.54 Å². The zero-order valence-electron chi connectivity index (χ0n) is 6.81. The summed E-state index contributed by atoms with van der Waals surface area (Å²) in [7, 11) is 0. The normalized spacial score (nSPS) is 10.8. The fourth-order valence-electron chi connectivity index (χ4n) is 0.886. The molecule has 0 unspecified atom stereocenters. The minimum atomic E-state index is 0.640. The van der Waals surface area contributed by atoms with Crippen LogP contribution in [0, 0.1) is 5.21 Å². The third-order valence-electron chi connectivity index (χ3n) is 1.44. The fourth-order valence-corrected chi connectivity index (χ4v) is 0.886. The minimum absolute atomic E-state index is 0.640. The third-order valence-corrected chi connectivity index (χ3v) is 1.44. The quantitative estimate of drug-likeness (QED) is 0.527. The molecule has 0 aliphatic heterocycles. The average molecular weight is 164 g/mol. The van der Waals surface area contributed by atoms with Gasteiger partial charge in [-0.25, -0.2) is 0 Å². The molecule has 1 aromatic rings. The highest BCUT2D eigenvalue weighted by atomic mass is 16.5. The topological polar surface area (TPSA) is 53.0 Å². The Morgan fingerprint density at radius 3 is 3.08 bits per heavy atom. The first-order chi connectivity index (χ1) is 5.83. The van der Waals surface area contributed by atoms with Gasteiger partial charge in [0.1, 0.15) is 0 Å². The largest absolute Gasteiger partial charge is 0.619 e. The first kappa shape index (κ1) is 8.74. The van der Waals surface area contributed by atoms with E-state index in [9.17, 15) is 5.21 Å². The molecule has 0 fully saturated rings. The summed E-state index contributed by atoms with van der Waals surface area (Å²) in [5.74, 6) is 0. The van der Waals surface area contributed by atoms with Gasteiger partial charge in [-0.05, 0) is 19.0 Å². The van der Waals surface area contributed by atoms with Crippen molar-refractivity contribution in [3.63, 3.8) is 0 Å². The van der Waals surface area contributed by atoms with Gasteiger partial charge in [0.05, 0.1) is 0 Å². The zero-order valence-corrected chi connectivity index (χ0v) is 6.81. The third kappa shape index (κ3) is 2.72. The maximum absolute atomic E-state index is 10.8. The summed E-state index contributed by atoms with van der Waals surface area (Å²) in [6.07, 6.45) is 7.66. The Balaban J connectivity index is 2.63. The number of hydrogen-bond donors (Lipinski definition) is 1. The number of rotatable bonds is 3. The van der Waals surface area contributed by atoms with Crippen LogP contribution in [0.15, 0.2) is 30.6 Å². The monoisotopic (exact) mass is 164 g/mol. The van der Waals surface area contributed by atoms with Gasteiger partial charge in [-0.15, -0.1) is 0 Å².